The Morgan fingerprint density at radius 1 is 1.50 bits per heavy atom. The lowest BCUT2D eigenvalue weighted by Gasteiger charge is -2.24. The summed E-state index contributed by atoms with van der Waals surface area (Å²) in [4.78, 5) is 2.32. The molecule has 3 N–H and O–H groups in total. The molecule has 0 aliphatic carbocycles. The van der Waals surface area contributed by atoms with Crippen LogP contribution in [0, 0.1) is 0 Å². The zero-order valence-electron chi connectivity index (χ0n) is 11.4. The number of hydrogen-bond acceptors (Lipinski definition) is 4. The molecule has 1 saturated heterocycles. The molecule has 0 bridgehead atoms. The Hall–Kier alpha value is -0.210. The van der Waals surface area contributed by atoms with Gasteiger partial charge in [0.2, 0.25) is 0 Å². The summed E-state index contributed by atoms with van der Waals surface area (Å²) in [5.41, 5.74) is 5.38. The second-order valence-electron chi connectivity index (χ2n) is 4.74. The Kier molecular flexibility index (Phi) is 6.51. The predicted molar refractivity (Wildman–Crippen MR) is 73.5 cm³/mol. The standard InChI is InChI=1S/C11H26N4O2S/c1-3-15-9-4-6-11(15)10-13-18(16,17)14(2)8-5-7-12/h11,13H,3-10,12H2,1-2H3. The lowest BCUT2D eigenvalue weighted by molar-refractivity contribution is 0.266. The largest absolute Gasteiger partial charge is 0.330 e. The van der Waals surface area contributed by atoms with Crippen LogP contribution < -0.4 is 10.5 Å². The van der Waals surface area contributed by atoms with E-state index in [2.05, 4.69) is 16.5 Å². The molecule has 0 saturated carbocycles. The van der Waals surface area contributed by atoms with Crippen LogP contribution in [0.4, 0.5) is 0 Å². The molecule has 108 valence electrons. The van der Waals surface area contributed by atoms with Crippen molar-refractivity contribution in [1.82, 2.24) is 13.9 Å². The van der Waals surface area contributed by atoms with Gasteiger partial charge in [-0.15, -0.1) is 0 Å². The SMILES string of the molecule is CCN1CCCC1CNS(=O)(=O)N(C)CCCN. The molecule has 7 heteroatoms. The van der Waals surface area contributed by atoms with Crippen molar-refractivity contribution < 1.29 is 8.42 Å². The maximum absolute atomic E-state index is 11.9. The minimum atomic E-state index is -3.35. The molecular formula is C11H26N4O2S. The topological polar surface area (TPSA) is 78.7 Å². The van der Waals surface area contributed by atoms with Crippen LogP contribution in [0.3, 0.4) is 0 Å². The van der Waals surface area contributed by atoms with Gasteiger partial charge in [-0.2, -0.15) is 12.7 Å². The Labute approximate surface area is 111 Å². The number of rotatable bonds is 8. The van der Waals surface area contributed by atoms with Gasteiger partial charge in [0.15, 0.2) is 0 Å². The van der Waals surface area contributed by atoms with Gasteiger partial charge in [0.1, 0.15) is 0 Å². The first-order valence-electron chi connectivity index (χ1n) is 6.66. The molecule has 1 atom stereocenters. The molecule has 6 nitrogen and oxygen atoms in total. The number of nitrogens with two attached hydrogens (primary N) is 1. The highest BCUT2D eigenvalue weighted by molar-refractivity contribution is 7.87. The third-order valence-corrected chi connectivity index (χ3v) is 5.03. The molecule has 0 aromatic rings. The summed E-state index contributed by atoms with van der Waals surface area (Å²) in [5.74, 6) is 0. The highest BCUT2D eigenvalue weighted by Crippen LogP contribution is 2.15. The first-order chi connectivity index (χ1) is 8.51. The van der Waals surface area contributed by atoms with Gasteiger partial charge in [0, 0.05) is 26.2 Å². The van der Waals surface area contributed by atoms with E-state index in [1.165, 1.54) is 4.31 Å². The van der Waals surface area contributed by atoms with Gasteiger partial charge < -0.3 is 5.73 Å². The van der Waals surface area contributed by atoms with Crippen molar-refractivity contribution in [2.75, 3.05) is 39.8 Å². The summed E-state index contributed by atoms with van der Waals surface area (Å²) in [5, 5.41) is 0. The highest BCUT2D eigenvalue weighted by Gasteiger charge is 2.25. The van der Waals surface area contributed by atoms with Crippen molar-refractivity contribution in [1.29, 1.82) is 0 Å². The van der Waals surface area contributed by atoms with Gasteiger partial charge in [-0.05, 0) is 38.9 Å². The number of nitrogens with zero attached hydrogens (tertiary/aromatic N) is 2. The Morgan fingerprint density at radius 2 is 2.22 bits per heavy atom. The summed E-state index contributed by atoms with van der Waals surface area (Å²) in [6.45, 7) is 5.64. The van der Waals surface area contributed by atoms with Gasteiger partial charge in [-0.3, -0.25) is 4.90 Å². The van der Waals surface area contributed by atoms with Crippen molar-refractivity contribution in [3.05, 3.63) is 0 Å². The van der Waals surface area contributed by atoms with Crippen LogP contribution in [-0.4, -0.2) is 63.4 Å². The van der Waals surface area contributed by atoms with E-state index in [0.717, 1.165) is 25.9 Å². The molecular weight excluding hydrogens is 252 g/mol. The van der Waals surface area contributed by atoms with Crippen LogP contribution in [0.15, 0.2) is 0 Å². The van der Waals surface area contributed by atoms with Crippen molar-refractivity contribution in [3.63, 3.8) is 0 Å². The minimum Gasteiger partial charge on any atom is -0.330 e. The van der Waals surface area contributed by atoms with E-state index < -0.39 is 10.2 Å². The van der Waals surface area contributed by atoms with Crippen LogP contribution in [0.25, 0.3) is 0 Å². The molecule has 1 aliphatic heterocycles. The van der Waals surface area contributed by atoms with Gasteiger partial charge >= 0.3 is 0 Å². The quantitative estimate of drug-likeness (QED) is 0.632. The van der Waals surface area contributed by atoms with Crippen LogP contribution >= 0.6 is 0 Å². The fourth-order valence-electron chi connectivity index (χ4n) is 2.29. The van der Waals surface area contributed by atoms with Crippen LogP contribution in [0.1, 0.15) is 26.2 Å². The third kappa shape index (κ3) is 4.47. The first-order valence-corrected chi connectivity index (χ1v) is 8.10. The second kappa shape index (κ2) is 7.40. The molecule has 0 aromatic carbocycles. The van der Waals surface area contributed by atoms with E-state index in [4.69, 9.17) is 5.73 Å². The Morgan fingerprint density at radius 3 is 2.83 bits per heavy atom. The van der Waals surface area contributed by atoms with E-state index in [0.29, 0.717) is 32.1 Å². The molecule has 0 spiro atoms. The average molecular weight is 278 g/mol. The van der Waals surface area contributed by atoms with Gasteiger partial charge in [-0.1, -0.05) is 6.92 Å². The maximum Gasteiger partial charge on any atom is 0.279 e. The highest BCUT2D eigenvalue weighted by atomic mass is 32.2. The van der Waals surface area contributed by atoms with Crippen molar-refractivity contribution in [3.8, 4) is 0 Å². The van der Waals surface area contributed by atoms with Crippen molar-refractivity contribution in [2.24, 2.45) is 5.73 Å². The summed E-state index contributed by atoms with van der Waals surface area (Å²) in [6.07, 6.45) is 2.91. The first kappa shape index (κ1) is 15.8. The van der Waals surface area contributed by atoms with E-state index >= 15 is 0 Å². The average Bonchev–Trinajstić information content (AvgIpc) is 2.80. The van der Waals surface area contributed by atoms with Gasteiger partial charge in [0.05, 0.1) is 0 Å². The van der Waals surface area contributed by atoms with E-state index in [9.17, 15) is 8.42 Å². The molecule has 1 rings (SSSR count). The summed E-state index contributed by atoms with van der Waals surface area (Å²) in [6, 6.07) is 0.340. The lowest BCUT2D eigenvalue weighted by atomic mass is 10.2. The molecule has 1 unspecified atom stereocenters. The Bertz CT molecular complexity index is 334. The minimum absolute atomic E-state index is 0.340. The number of hydrogen-bond donors (Lipinski definition) is 2. The zero-order valence-corrected chi connectivity index (χ0v) is 12.2. The van der Waals surface area contributed by atoms with E-state index in [1.54, 1.807) is 7.05 Å². The summed E-state index contributed by atoms with van der Waals surface area (Å²) in [7, 11) is -1.76. The maximum atomic E-state index is 11.9. The fourth-order valence-corrected chi connectivity index (χ4v) is 3.28. The number of nitrogens with one attached hydrogen (secondary N) is 1. The summed E-state index contributed by atoms with van der Waals surface area (Å²) < 4.78 is 27.9. The van der Waals surface area contributed by atoms with E-state index in [1.807, 2.05) is 0 Å². The van der Waals surface area contributed by atoms with Gasteiger partial charge in [0.25, 0.3) is 10.2 Å². The molecule has 1 heterocycles. The molecule has 0 radical (unpaired) electrons. The second-order valence-corrected chi connectivity index (χ2v) is 6.60. The monoisotopic (exact) mass is 278 g/mol. The zero-order chi connectivity index (χ0) is 13.6. The number of likely N-dealkylation sites (tertiary alicyclic amines) is 1. The Balaban J connectivity index is 2.41. The normalized spacial score (nSPS) is 21.9. The summed E-state index contributed by atoms with van der Waals surface area (Å²) >= 11 is 0. The molecule has 18 heavy (non-hydrogen) atoms. The smallest absolute Gasteiger partial charge is 0.279 e. The van der Waals surface area contributed by atoms with Crippen LogP contribution in [0.2, 0.25) is 0 Å². The van der Waals surface area contributed by atoms with E-state index in [-0.39, 0.29) is 0 Å². The van der Waals surface area contributed by atoms with Crippen LogP contribution in [-0.2, 0) is 10.2 Å². The van der Waals surface area contributed by atoms with Crippen molar-refractivity contribution in [2.45, 2.75) is 32.2 Å². The van der Waals surface area contributed by atoms with Gasteiger partial charge in [-0.25, -0.2) is 4.72 Å². The van der Waals surface area contributed by atoms with Crippen molar-refractivity contribution >= 4 is 10.2 Å². The third-order valence-electron chi connectivity index (χ3n) is 3.49. The predicted octanol–water partition coefficient (Wildman–Crippen LogP) is -0.414. The lowest BCUT2D eigenvalue weighted by Crippen LogP contribution is -2.45. The fraction of sp³-hybridized carbons (Fsp3) is 1.00. The molecule has 1 aliphatic rings. The molecule has 1 fully saturated rings. The molecule has 0 aromatic heterocycles. The number of likely N-dealkylation sites (N-methyl/N-ethyl adjacent to an activating group) is 1. The molecule has 0 amide bonds. The van der Waals surface area contributed by atoms with Crippen LogP contribution in [0.5, 0.6) is 0 Å².